The summed E-state index contributed by atoms with van der Waals surface area (Å²) in [6, 6.07) is 13.4. The number of ether oxygens (including phenoxy) is 2. The van der Waals surface area contributed by atoms with Crippen molar-refractivity contribution in [2.24, 2.45) is 0 Å². The number of hydrogen-bond donors (Lipinski definition) is 0. The molecule has 0 fully saturated rings. The molecule has 3 aromatic rings. The van der Waals surface area contributed by atoms with Crippen LogP contribution in [0, 0.1) is 18.6 Å². The molecule has 0 aliphatic rings. The molecule has 0 bridgehead atoms. The van der Waals surface area contributed by atoms with Crippen molar-refractivity contribution in [3.05, 3.63) is 71.8 Å². The zero-order valence-corrected chi connectivity index (χ0v) is 17.0. The smallest absolute Gasteiger partial charge is 0.490 e. The van der Waals surface area contributed by atoms with Crippen molar-refractivity contribution < 1.29 is 31.4 Å². The third-order valence-corrected chi connectivity index (χ3v) is 4.74. The van der Waals surface area contributed by atoms with Gasteiger partial charge in [-0.25, -0.2) is 4.39 Å². The quantitative estimate of drug-likeness (QED) is 0.279. The molecule has 2 nitrogen and oxygen atoms in total. The minimum atomic E-state index is -4.75. The molecule has 0 atom stereocenters. The minimum Gasteiger partial charge on any atom is -0.490 e. The Morgan fingerprint density at radius 3 is 2.06 bits per heavy atom. The number of halogens is 5. The van der Waals surface area contributed by atoms with Gasteiger partial charge in [-0.1, -0.05) is 43.7 Å². The van der Waals surface area contributed by atoms with Crippen molar-refractivity contribution in [2.45, 2.75) is 33.1 Å². The summed E-state index contributed by atoms with van der Waals surface area (Å²) in [5.74, 6) is -2.46. The van der Waals surface area contributed by atoms with E-state index < -0.39 is 18.0 Å². The molecule has 0 aromatic heterocycles. The molecule has 0 heterocycles. The van der Waals surface area contributed by atoms with Crippen LogP contribution in [0.15, 0.2) is 54.6 Å². The standard InChI is InChI=1S/C24H21F5O2/c1-3-4-13-30-21-12-11-20(22(25)23(21)26)17-7-10-19(15(2)14-17)16-5-8-18(9-6-16)31-24(27,28)29/h5-12,14H,3-4,13H2,1-2H3. The van der Waals surface area contributed by atoms with Crippen molar-refractivity contribution in [2.75, 3.05) is 6.61 Å². The van der Waals surface area contributed by atoms with Gasteiger partial charge in [0.15, 0.2) is 11.6 Å². The van der Waals surface area contributed by atoms with Crippen LogP contribution in [0.2, 0.25) is 0 Å². The SMILES string of the molecule is CCCCOc1ccc(-c2ccc(-c3ccc(OC(F)(F)F)cc3)c(C)c2)c(F)c1F. The molecule has 0 aliphatic carbocycles. The van der Waals surface area contributed by atoms with Gasteiger partial charge in [0.25, 0.3) is 0 Å². The minimum absolute atomic E-state index is 0.101. The van der Waals surface area contributed by atoms with E-state index in [-0.39, 0.29) is 17.1 Å². The van der Waals surface area contributed by atoms with Gasteiger partial charge in [0.2, 0.25) is 5.82 Å². The molecule has 3 rings (SSSR count). The molecule has 0 saturated heterocycles. The van der Waals surface area contributed by atoms with Gasteiger partial charge in [-0.2, -0.15) is 4.39 Å². The maximum absolute atomic E-state index is 14.6. The van der Waals surface area contributed by atoms with Gasteiger partial charge in [-0.3, -0.25) is 0 Å². The predicted molar refractivity (Wildman–Crippen MR) is 109 cm³/mol. The number of hydrogen-bond acceptors (Lipinski definition) is 2. The Hall–Kier alpha value is -3.09. The molecule has 0 aliphatic heterocycles. The van der Waals surface area contributed by atoms with Crippen molar-refractivity contribution in [3.63, 3.8) is 0 Å². The summed E-state index contributed by atoms with van der Waals surface area (Å²) in [6.45, 7) is 4.07. The Bertz CT molecular complexity index is 1040. The molecule has 0 unspecified atom stereocenters. The van der Waals surface area contributed by atoms with E-state index in [2.05, 4.69) is 4.74 Å². The van der Waals surface area contributed by atoms with Gasteiger partial charge in [0, 0.05) is 5.56 Å². The normalized spacial score (nSPS) is 11.5. The fourth-order valence-electron chi connectivity index (χ4n) is 3.18. The number of rotatable bonds is 7. The molecule has 0 radical (unpaired) electrons. The zero-order chi connectivity index (χ0) is 22.6. The monoisotopic (exact) mass is 436 g/mol. The van der Waals surface area contributed by atoms with E-state index in [1.54, 1.807) is 25.1 Å². The molecule has 31 heavy (non-hydrogen) atoms. The van der Waals surface area contributed by atoms with E-state index in [0.717, 1.165) is 24.0 Å². The Balaban J connectivity index is 1.85. The second kappa shape index (κ2) is 9.37. The molecular formula is C24H21F5O2. The van der Waals surface area contributed by atoms with Crippen LogP contribution in [0.25, 0.3) is 22.3 Å². The topological polar surface area (TPSA) is 18.5 Å². The molecule has 0 spiro atoms. The average Bonchev–Trinajstić information content (AvgIpc) is 2.71. The van der Waals surface area contributed by atoms with E-state index in [1.165, 1.54) is 36.4 Å². The van der Waals surface area contributed by atoms with E-state index in [1.807, 2.05) is 6.92 Å². The van der Waals surface area contributed by atoms with Crippen LogP contribution in [0.5, 0.6) is 11.5 Å². The molecule has 0 saturated carbocycles. The summed E-state index contributed by atoms with van der Waals surface area (Å²) in [7, 11) is 0. The van der Waals surface area contributed by atoms with E-state index in [0.29, 0.717) is 17.7 Å². The Morgan fingerprint density at radius 1 is 0.806 bits per heavy atom. The van der Waals surface area contributed by atoms with E-state index in [4.69, 9.17) is 4.74 Å². The van der Waals surface area contributed by atoms with Crippen LogP contribution in [-0.2, 0) is 0 Å². The lowest BCUT2D eigenvalue weighted by Crippen LogP contribution is -2.16. The van der Waals surface area contributed by atoms with Crippen LogP contribution in [0.1, 0.15) is 25.3 Å². The van der Waals surface area contributed by atoms with Crippen molar-refractivity contribution in [1.29, 1.82) is 0 Å². The Morgan fingerprint density at radius 2 is 1.45 bits per heavy atom. The largest absolute Gasteiger partial charge is 0.573 e. The maximum Gasteiger partial charge on any atom is 0.573 e. The molecule has 7 heteroatoms. The fourth-order valence-corrected chi connectivity index (χ4v) is 3.18. The number of unbranched alkanes of at least 4 members (excludes halogenated alkanes) is 1. The van der Waals surface area contributed by atoms with Crippen molar-refractivity contribution >= 4 is 0 Å². The van der Waals surface area contributed by atoms with E-state index in [9.17, 15) is 22.0 Å². The number of alkyl halides is 3. The van der Waals surface area contributed by atoms with E-state index >= 15 is 0 Å². The highest BCUT2D eigenvalue weighted by Crippen LogP contribution is 2.34. The van der Waals surface area contributed by atoms with Crippen molar-refractivity contribution in [1.82, 2.24) is 0 Å². The lowest BCUT2D eigenvalue weighted by atomic mass is 9.95. The summed E-state index contributed by atoms with van der Waals surface area (Å²) in [4.78, 5) is 0. The second-order valence-electron chi connectivity index (χ2n) is 7.04. The van der Waals surface area contributed by atoms with Crippen LogP contribution in [0.4, 0.5) is 22.0 Å². The summed E-state index contributed by atoms with van der Waals surface area (Å²) >= 11 is 0. The molecule has 0 N–H and O–H groups in total. The molecular weight excluding hydrogens is 415 g/mol. The third-order valence-electron chi connectivity index (χ3n) is 4.74. The van der Waals surface area contributed by atoms with Crippen LogP contribution in [0.3, 0.4) is 0 Å². The highest BCUT2D eigenvalue weighted by atomic mass is 19.4. The third kappa shape index (κ3) is 5.54. The van der Waals surface area contributed by atoms with Gasteiger partial charge in [-0.15, -0.1) is 13.2 Å². The molecule has 164 valence electrons. The zero-order valence-electron chi connectivity index (χ0n) is 17.0. The Labute approximate surface area is 177 Å². The molecule has 0 amide bonds. The summed E-state index contributed by atoms with van der Waals surface area (Å²) < 4.78 is 75.1. The molecule has 3 aromatic carbocycles. The van der Waals surface area contributed by atoms with Gasteiger partial charge < -0.3 is 9.47 Å². The van der Waals surface area contributed by atoms with Crippen LogP contribution >= 0.6 is 0 Å². The summed E-state index contributed by atoms with van der Waals surface area (Å²) in [5, 5.41) is 0. The van der Waals surface area contributed by atoms with Gasteiger partial charge >= 0.3 is 6.36 Å². The first-order valence-electron chi connectivity index (χ1n) is 9.77. The summed E-state index contributed by atoms with van der Waals surface area (Å²) in [6.07, 6.45) is -3.13. The Kier molecular flexibility index (Phi) is 6.83. The average molecular weight is 436 g/mol. The highest BCUT2D eigenvalue weighted by Gasteiger charge is 2.31. The van der Waals surface area contributed by atoms with Gasteiger partial charge in [0.05, 0.1) is 6.61 Å². The van der Waals surface area contributed by atoms with Crippen LogP contribution in [-0.4, -0.2) is 13.0 Å². The summed E-state index contributed by atoms with van der Waals surface area (Å²) in [5.41, 5.74) is 2.76. The highest BCUT2D eigenvalue weighted by molar-refractivity contribution is 5.74. The number of aryl methyl sites for hydroxylation is 1. The first-order valence-corrected chi connectivity index (χ1v) is 9.77. The van der Waals surface area contributed by atoms with Gasteiger partial charge in [0.1, 0.15) is 5.75 Å². The van der Waals surface area contributed by atoms with Crippen LogP contribution < -0.4 is 9.47 Å². The van der Waals surface area contributed by atoms with Gasteiger partial charge in [-0.05, 0) is 59.9 Å². The predicted octanol–water partition coefficient (Wildman–Crippen LogP) is 7.68. The lowest BCUT2D eigenvalue weighted by Gasteiger charge is -2.13. The number of benzene rings is 3. The second-order valence-corrected chi connectivity index (χ2v) is 7.04. The maximum atomic E-state index is 14.6. The van der Waals surface area contributed by atoms with Crippen molar-refractivity contribution in [3.8, 4) is 33.8 Å². The fraction of sp³-hybridized carbons (Fsp3) is 0.250. The first kappa shape index (κ1) is 22.6. The first-order chi connectivity index (χ1) is 14.7. The lowest BCUT2D eigenvalue weighted by molar-refractivity contribution is -0.274.